The zero-order valence-corrected chi connectivity index (χ0v) is 9.92. The lowest BCUT2D eigenvalue weighted by Crippen LogP contribution is -2.18. The second-order valence-electron chi connectivity index (χ2n) is 4.01. The number of hydrogen-bond donors (Lipinski definition) is 1. The van der Waals surface area contributed by atoms with Crippen LogP contribution in [0.3, 0.4) is 0 Å². The van der Waals surface area contributed by atoms with Gasteiger partial charge in [0.2, 0.25) is 0 Å². The van der Waals surface area contributed by atoms with Gasteiger partial charge >= 0.3 is 0 Å². The number of nitrogens with zero attached hydrogens (tertiary/aromatic N) is 1. The summed E-state index contributed by atoms with van der Waals surface area (Å²) in [6.07, 6.45) is 6.93. The van der Waals surface area contributed by atoms with Gasteiger partial charge < -0.3 is 5.32 Å². The fourth-order valence-electron chi connectivity index (χ4n) is 1.62. The molecule has 0 aromatic carbocycles. The van der Waals surface area contributed by atoms with Gasteiger partial charge in [0.15, 0.2) is 0 Å². The van der Waals surface area contributed by atoms with Crippen LogP contribution in [-0.4, -0.2) is 18.1 Å². The minimum atomic E-state index is 1.08. The number of nitrogens with one attached hydrogen (secondary N) is 1. The van der Waals surface area contributed by atoms with Crippen LogP contribution >= 0.6 is 0 Å². The van der Waals surface area contributed by atoms with Crippen molar-refractivity contribution < 1.29 is 0 Å². The molecule has 2 heteroatoms. The molecule has 0 fully saturated rings. The molecule has 0 unspecified atom stereocenters. The van der Waals surface area contributed by atoms with Gasteiger partial charge in [0.25, 0.3) is 0 Å². The summed E-state index contributed by atoms with van der Waals surface area (Å²) >= 11 is 0. The Labute approximate surface area is 93.1 Å². The number of aryl methyl sites for hydroxylation is 1. The molecule has 2 nitrogen and oxygen atoms in total. The Morgan fingerprint density at radius 1 is 1.27 bits per heavy atom. The zero-order chi connectivity index (χ0) is 10.9. The lowest BCUT2D eigenvalue weighted by atomic mass is 10.1. The summed E-state index contributed by atoms with van der Waals surface area (Å²) in [6.45, 7) is 6.50. The lowest BCUT2D eigenvalue weighted by molar-refractivity contribution is 0.616. The maximum Gasteiger partial charge on any atom is 0.0375 e. The van der Waals surface area contributed by atoms with Crippen LogP contribution in [0.1, 0.15) is 37.4 Å². The highest BCUT2D eigenvalue weighted by Gasteiger charge is 1.93. The van der Waals surface area contributed by atoms with E-state index in [0.29, 0.717) is 0 Å². The Hall–Kier alpha value is -0.890. The topological polar surface area (TPSA) is 24.9 Å². The van der Waals surface area contributed by atoms with E-state index < -0.39 is 0 Å². The minimum absolute atomic E-state index is 1.08. The molecule has 0 aliphatic rings. The van der Waals surface area contributed by atoms with Crippen LogP contribution < -0.4 is 5.32 Å². The molecule has 1 N–H and O–H groups in total. The number of rotatable bonds is 7. The maximum atomic E-state index is 4.19. The molecule has 0 spiro atoms. The summed E-state index contributed by atoms with van der Waals surface area (Å²) in [7, 11) is 0. The third kappa shape index (κ3) is 5.53. The normalized spacial score (nSPS) is 10.5. The highest BCUT2D eigenvalue weighted by atomic mass is 14.8. The molecule has 0 atom stereocenters. The summed E-state index contributed by atoms with van der Waals surface area (Å²) in [5.74, 6) is 0. The zero-order valence-electron chi connectivity index (χ0n) is 9.92. The van der Waals surface area contributed by atoms with Gasteiger partial charge in [-0.3, -0.25) is 4.98 Å². The van der Waals surface area contributed by atoms with Crippen molar-refractivity contribution in [3.8, 4) is 0 Å². The van der Waals surface area contributed by atoms with Crippen molar-refractivity contribution in [3.05, 3.63) is 29.6 Å². The Bertz CT molecular complexity index is 271. The van der Waals surface area contributed by atoms with Gasteiger partial charge in [-0.05, 0) is 50.6 Å². The Kier molecular flexibility index (Phi) is 6.02. The van der Waals surface area contributed by atoms with Crippen molar-refractivity contribution in [2.24, 2.45) is 0 Å². The first-order chi connectivity index (χ1) is 7.33. The van der Waals surface area contributed by atoms with E-state index in [1.807, 2.05) is 13.1 Å². The summed E-state index contributed by atoms with van der Waals surface area (Å²) in [4.78, 5) is 4.19. The van der Waals surface area contributed by atoms with Crippen LogP contribution in [-0.2, 0) is 6.42 Å². The molecule has 0 saturated heterocycles. The lowest BCUT2D eigenvalue weighted by Gasteiger charge is -2.04. The Morgan fingerprint density at radius 3 is 2.87 bits per heavy atom. The van der Waals surface area contributed by atoms with Crippen LogP contribution in [0.2, 0.25) is 0 Å². The van der Waals surface area contributed by atoms with Gasteiger partial charge in [-0.25, -0.2) is 0 Å². The van der Waals surface area contributed by atoms with Crippen molar-refractivity contribution >= 4 is 0 Å². The fraction of sp³-hybridized carbons (Fsp3) is 0.615. The Morgan fingerprint density at radius 2 is 2.13 bits per heavy atom. The van der Waals surface area contributed by atoms with Gasteiger partial charge in [-0.2, -0.15) is 0 Å². The monoisotopic (exact) mass is 206 g/mol. The van der Waals surface area contributed by atoms with E-state index in [2.05, 4.69) is 29.4 Å². The second kappa shape index (κ2) is 7.41. The van der Waals surface area contributed by atoms with Crippen LogP contribution in [0.5, 0.6) is 0 Å². The van der Waals surface area contributed by atoms with Gasteiger partial charge in [-0.1, -0.05) is 19.8 Å². The summed E-state index contributed by atoms with van der Waals surface area (Å²) in [5, 5.41) is 3.47. The molecule has 1 heterocycles. The standard InChI is InChI=1S/C13H22N2/c1-3-4-5-8-14-9-6-13-7-10-15-12(2)11-13/h7,10-11,14H,3-6,8-9H2,1-2H3. The van der Waals surface area contributed by atoms with Gasteiger partial charge in [0.05, 0.1) is 0 Å². The van der Waals surface area contributed by atoms with Crippen molar-refractivity contribution in [1.82, 2.24) is 10.3 Å². The molecule has 1 aromatic heterocycles. The SMILES string of the molecule is CCCCCNCCc1ccnc(C)c1. The highest BCUT2D eigenvalue weighted by Crippen LogP contribution is 2.00. The van der Waals surface area contributed by atoms with E-state index in [-0.39, 0.29) is 0 Å². The third-order valence-corrected chi connectivity index (χ3v) is 2.51. The predicted octanol–water partition coefficient (Wildman–Crippen LogP) is 2.71. The molecule has 0 amide bonds. The molecule has 15 heavy (non-hydrogen) atoms. The number of hydrogen-bond acceptors (Lipinski definition) is 2. The summed E-state index contributed by atoms with van der Waals surface area (Å²) in [6, 6.07) is 4.26. The first kappa shape index (κ1) is 12.2. The first-order valence-corrected chi connectivity index (χ1v) is 5.95. The average molecular weight is 206 g/mol. The van der Waals surface area contributed by atoms with E-state index in [0.717, 1.165) is 25.2 Å². The quantitative estimate of drug-likeness (QED) is 0.694. The van der Waals surface area contributed by atoms with Crippen LogP contribution in [0.25, 0.3) is 0 Å². The summed E-state index contributed by atoms with van der Waals surface area (Å²) in [5.41, 5.74) is 2.49. The van der Waals surface area contributed by atoms with Crippen molar-refractivity contribution in [2.75, 3.05) is 13.1 Å². The van der Waals surface area contributed by atoms with Gasteiger partial charge in [-0.15, -0.1) is 0 Å². The minimum Gasteiger partial charge on any atom is -0.316 e. The molecular weight excluding hydrogens is 184 g/mol. The van der Waals surface area contributed by atoms with E-state index >= 15 is 0 Å². The van der Waals surface area contributed by atoms with Gasteiger partial charge in [0.1, 0.15) is 0 Å². The largest absolute Gasteiger partial charge is 0.316 e. The Balaban J connectivity index is 2.10. The van der Waals surface area contributed by atoms with Gasteiger partial charge in [0, 0.05) is 11.9 Å². The molecule has 0 radical (unpaired) electrons. The van der Waals surface area contributed by atoms with Crippen LogP contribution in [0, 0.1) is 6.92 Å². The smallest absolute Gasteiger partial charge is 0.0375 e. The molecule has 0 aliphatic carbocycles. The molecule has 0 bridgehead atoms. The van der Waals surface area contributed by atoms with E-state index in [1.165, 1.54) is 24.8 Å². The average Bonchev–Trinajstić information content (AvgIpc) is 2.23. The second-order valence-corrected chi connectivity index (χ2v) is 4.01. The molecule has 1 aromatic rings. The van der Waals surface area contributed by atoms with E-state index in [9.17, 15) is 0 Å². The van der Waals surface area contributed by atoms with Crippen molar-refractivity contribution in [1.29, 1.82) is 0 Å². The highest BCUT2D eigenvalue weighted by molar-refractivity contribution is 5.15. The number of pyridine rings is 1. The molecule has 0 saturated carbocycles. The first-order valence-electron chi connectivity index (χ1n) is 5.95. The number of aromatic nitrogens is 1. The molecular formula is C13H22N2. The molecule has 0 aliphatic heterocycles. The third-order valence-electron chi connectivity index (χ3n) is 2.51. The predicted molar refractivity (Wildman–Crippen MR) is 65.1 cm³/mol. The van der Waals surface area contributed by atoms with Crippen molar-refractivity contribution in [2.45, 2.75) is 39.5 Å². The molecule has 84 valence electrons. The van der Waals surface area contributed by atoms with Crippen molar-refractivity contribution in [3.63, 3.8) is 0 Å². The van der Waals surface area contributed by atoms with Crippen LogP contribution in [0.15, 0.2) is 18.3 Å². The van der Waals surface area contributed by atoms with E-state index in [4.69, 9.17) is 0 Å². The van der Waals surface area contributed by atoms with Crippen LogP contribution in [0.4, 0.5) is 0 Å². The fourth-order valence-corrected chi connectivity index (χ4v) is 1.62. The number of unbranched alkanes of at least 4 members (excludes halogenated alkanes) is 2. The maximum absolute atomic E-state index is 4.19. The summed E-state index contributed by atoms with van der Waals surface area (Å²) < 4.78 is 0. The molecule has 1 rings (SSSR count). The van der Waals surface area contributed by atoms with E-state index in [1.54, 1.807) is 0 Å².